The first kappa shape index (κ1) is 18.7. The van der Waals surface area contributed by atoms with E-state index in [4.69, 9.17) is 9.41 Å². The molecule has 1 unspecified atom stereocenters. The first-order valence-electron chi connectivity index (χ1n) is 8.67. The van der Waals surface area contributed by atoms with E-state index in [9.17, 15) is 0 Å². The van der Waals surface area contributed by atoms with E-state index in [2.05, 4.69) is 57.9 Å². The van der Waals surface area contributed by atoms with Gasteiger partial charge in [-0.2, -0.15) is 0 Å². The molecule has 0 N–H and O–H groups in total. The zero-order chi connectivity index (χ0) is 17.5. The average molecular weight is 345 g/mol. The molecule has 4 heteroatoms. The van der Waals surface area contributed by atoms with Crippen LogP contribution in [0.25, 0.3) is 12.7 Å². The van der Waals surface area contributed by atoms with E-state index in [1.54, 1.807) is 11.8 Å². The number of unbranched alkanes of at least 4 members (excludes halogenated alkanes) is 1. The van der Waals surface area contributed by atoms with Crippen LogP contribution in [0.3, 0.4) is 0 Å². The summed E-state index contributed by atoms with van der Waals surface area (Å²) in [5.74, 6) is 0. The third-order valence-electron chi connectivity index (χ3n) is 4.08. The number of nitrogens with zero attached hydrogens (tertiary/aromatic N) is 2. The van der Waals surface area contributed by atoms with Crippen molar-refractivity contribution in [1.29, 1.82) is 0 Å². The summed E-state index contributed by atoms with van der Waals surface area (Å²) in [6.45, 7) is 11.4. The number of benzene rings is 1. The van der Waals surface area contributed by atoms with Gasteiger partial charge in [0.05, 0.1) is 11.4 Å². The van der Waals surface area contributed by atoms with Crippen molar-refractivity contribution in [3.8, 4) is 0 Å². The highest BCUT2D eigenvalue weighted by molar-refractivity contribution is 7.98. The molecule has 0 aliphatic rings. The minimum absolute atomic E-state index is 0.266. The number of rotatable bonds is 7. The van der Waals surface area contributed by atoms with Gasteiger partial charge in [-0.1, -0.05) is 38.5 Å². The Morgan fingerprint density at radius 3 is 2.58 bits per heavy atom. The predicted octanol–water partition coefficient (Wildman–Crippen LogP) is 3.54. The van der Waals surface area contributed by atoms with Crippen molar-refractivity contribution >= 4 is 24.4 Å². The second-order valence-corrected chi connectivity index (χ2v) is 6.86. The molecule has 24 heavy (non-hydrogen) atoms. The lowest BCUT2D eigenvalue weighted by Gasteiger charge is -2.03. The molecule has 0 fully saturated rings. The Hall–Kier alpha value is -1.68. The largest absolute Gasteiger partial charge is 0.424 e. The molecule has 1 heterocycles. The summed E-state index contributed by atoms with van der Waals surface area (Å²) < 4.78 is 8.07. The summed E-state index contributed by atoms with van der Waals surface area (Å²) in [6, 6.07) is 8.71. The average Bonchev–Trinajstić information content (AvgIpc) is 2.88. The van der Waals surface area contributed by atoms with E-state index < -0.39 is 0 Å². The number of oxazole rings is 1. The maximum atomic E-state index is 6.02. The maximum absolute atomic E-state index is 6.02. The number of aromatic nitrogens is 1. The smallest absolute Gasteiger partial charge is 0.297 e. The number of thioether (sulfide) groups is 1. The molecule has 0 amide bonds. The Morgan fingerprint density at radius 2 is 2.00 bits per heavy atom. The van der Waals surface area contributed by atoms with E-state index in [1.807, 2.05) is 10.6 Å². The molecule has 3 nitrogen and oxygen atoms in total. The Kier molecular flexibility index (Phi) is 6.98. The molecule has 2 rings (SSSR count). The first-order valence-corrected chi connectivity index (χ1v) is 9.89. The molecule has 2 aromatic rings. The lowest BCUT2D eigenvalue weighted by Crippen LogP contribution is -2.31. The molecule has 0 spiro atoms. The molecular weight excluding hydrogens is 316 g/mol. The Bertz CT molecular complexity index is 815. The summed E-state index contributed by atoms with van der Waals surface area (Å²) in [5, 5.41) is 0.882. The zero-order valence-corrected chi connectivity index (χ0v) is 16.0. The van der Waals surface area contributed by atoms with E-state index in [-0.39, 0.29) is 6.04 Å². The molecule has 0 aliphatic carbocycles. The van der Waals surface area contributed by atoms with Crippen LogP contribution in [-0.2, 0) is 6.54 Å². The van der Waals surface area contributed by atoms with Gasteiger partial charge in [-0.3, -0.25) is 4.57 Å². The molecule has 1 aromatic heterocycles. The van der Waals surface area contributed by atoms with Crippen molar-refractivity contribution in [3.63, 3.8) is 0 Å². The minimum Gasteiger partial charge on any atom is -0.424 e. The predicted molar refractivity (Wildman–Crippen MR) is 103 cm³/mol. The summed E-state index contributed by atoms with van der Waals surface area (Å²) in [6.07, 6.45) is 7.58. The van der Waals surface area contributed by atoms with Gasteiger partial charge in [-0.05, 0) is 50.3 Å². The van der Waals surface area contributed by atoms with Crippen molar-refractivity contribution in [3.05, 3.63) is 46.3 Å². The first-order chi connectivity index (χ1) is 11.6. The van der Waals surface area contributed by atoms with Crippen molar-refractivity contribution in [2.24, 2.45) is 4.99 Å². The van der Waals surface area contributed by atoms with Crippen LogP contribution < -0.4 is 16.4 Å². The van der Waals surface area contributed by atoms with Gasteiger partial charge in [0.2, 0.25) is 0 Å². The molecule has 0 aliphatic heterocycles. The highest BCUT2D eigenvalue weighted by Gasteiger charge is 2.04. The summed E-state index contributed by atoms with van der Waals surface area (Å²) in [4.78, 5) is 6.01. The normalized spacial score (nSPS) is 14.3. The second kappa shape index (κ2) is 8.97. The maximum Gasteiger partial charge on any atom is 0.297 e. The van der Waals surface area contributed by atoms with Crippen LogP contribution >= 0.6 is 11.8 Å². The summed E-state index contributed by atoms with van der Waals surface area (Å²) >= 11 is 1.74. The molecule has 0 bridgehead atoms. The fourth-order valence-electron chi connectivity index (χ4n) is 2.60. The minimum atomic E-state index is 0.266. The Balaban J connectivity index is 2.42. The lowest BCUT2D eigenvalue weighted by atomic mass is 10.1. The van der Waals surface area contributed by atoms with Crippen LogP contribution in [0, 0.1) is 0 Å². The third-order valence-corrected chi connectivity index (χ3v) is 4.82. The molecule has 0 saturated carbocycles. The van der Waals surface area contributed by atoms with Crippen LogP contribution in [0.2, 0.25) is 0 Å². The van der Waals surface area contributed by atoms with Crippen molar-refractivity contribution in [1.82, 2.24) is 4.57 Å². The highest BCUT2D eigenvalue weighted by Crippen LogP contribution is 2.14. The highest BCUT2D eigenvalue weighted by atomic mass is 32.2. The molecular formula is C20H28N2OS. The zero-order valence-electron chi connectivity index (χ0n) is 15.2. The van der Waals surface area contributed by atoms with Crippen LogP contribution in [0.15, 0.2) is 38.6 Å². The van der Waals surface area contributed by atoms with Gasteiger partial charge in [0.1, 0.15) is 0 Å². The van der Waals surface area contributed by atoms with Crippen LogP contribution in [0.5, 0.6) is 0 Å². The van der Waals surface area contributed by atoms with Crippen LogP contribution in [-0.4, -0.2) is 16.9 Å². The van der Waals surface area contributed by atoms with E-state index in [0.29, 0.717) is 5.68 Å². The monoisotopic (exact) mass is 344 g/mol. The standard InChI is InChI=1S/C20H28N2OS/c1-6-8-9-15(3)21-20-22(7-2)16(4)19(23-20)14-17-10-12-18(24-5)13-11-17/h10-15H,4,6-9H2,1-3,5H3/b19-14+,21-20?. The molecule has 130 valence electrons. The van der Waals surface area contributed by atoms with E-state index in [1.165, 1.54) is 17.7 Å². The number of hydrogen-bond donors (Lipinski definition) is 0. The molecule has 1 atom stereocenters. The SMILES string of the molecule is C=c1/c(=C\c2ccc(SC)cc2)oc(=NC(C)CCCC)n1CC. The van der Waals surface area contributed by atoms with Crippen LogP contribution in [0.4, 0.5) is 0 Å². The quantitative estimate of drug-likeness (QED) is 0.719. The number of hydrogen-bond acceptors (Lipinski definition) is 3. The van der Waals surface area contributed by atoms with E-state index >= 15 is 0 Å². The van der Waals surface area contributed by atoms with Gasteiger partial charge >= 0.3 is 0 Å². The van der Waals surface area contributed by atoms with Gasteiger partial charge in [0.25, 0.3) is 5.68 Å². The van der Waals surface area contributed by atoms with Gasteiger partial charge in [-0.15, -0.1) is 11.8 Å². The fourth-order valence-corrected chi connectivity index (χ4v) is 3.01. The van der Waals surface area contributed by atoms with E-state index in [0.717, 1.165) is 29.3 Å². The Morgan fingerprint density at radius 1 is 1.29 bits per heavy atom. The molecule has 1 aromatic carbocycles. The topological polar surface area (TPSA) is 30.4 Å². The molecule has 0 radical (unpaired) electrons. The van der Waals surface area contributed by atoms with Crippen molar-refractivity contribution < 1.29 is 4.42 Å². The van der Waals surface area contributed by atoms with Gasteiger partial charge in [0, 0.05) is 11.4 Å². The van der Waals surface area contributed by atoms with Crippen LogP contribution in [0.1, 0.15) is 45.6 Å². The Labute approximate surface area is 148 Å². The third kappa shape index (κ3) is 4.67. The lowest BCUT2D eigenvalue weighted by molar-refractivity contribution is 0.424. The summed E-state index contributed by atoms with van der Waals surface area (Å²) in [5.41, 5.74) is 2.58. The van der Waals surface area contributed by atoms with Crippen molar-refractivity contribution in [2.45, 2.75) is 57.5 Å². The van der Waals surface area contributed by atoms with Gasteiger partial charge in [-0.25, -0.2) is 4.99 Å². The fraction of sp³-hybridized carbons (Fsp3) is 0.450. The van der Waals surface area contributed by atoms with Gasteiger partial charge < -0.3 is 4.42 Å². The summed E-state index contributed by atoms with van der Waals surface area (Å²) in [7, 11) is 0. The molecule has 0 saturated heterocycles. The van der Waals surface area contributed by atoms with Gasteiger partial charge in [0.15, 0.2) is 5.42 Å². The second-order valence-electron chi connectivity index (χ2n) is 5.98. The van der Waals surface area contributed by atoms with Crippen molar-refractivity contribution in [2.75, 3.05) is 6.26 Å².